The molecule has 0 radical (unpaired) electrons. The number of carboxylic acid groups (broad SMARTS) is 2. The smallest absolute Gasteiger partial charge is 0.414 e. The zero-order chi connectivity index (χ0) is 23.0. The Morgan fingerprint density at radius 1 is 1.13 bits per heavy atom. The fourth-order valence-electron chi connectivity index (χ4n) is 2.75. The normalized spacial score (nSPS) is 12.8. The number of aliphatic imine (C=N–C) groups is 1. The highest BCUT2D eigenvalue weighted by Crippen LogP contribution is 2.21. The molecule has 0 unspecified atom stereocenters. The minimum atomic E-state index is -1.82. The standard InChI is InChI=1S/C20H24FN3O.C2H2O4/c1-14(2)13-25-19-8-5-16(12-18(19)21)11-15-3-6-17(7-4-15)20-23-9-10-24(20)22;3-1(4)2(5)6/h3-8,12,14H,9-11,13,22H2,1-2H3;(H,3,4)(H,5,6). The number of ether oxygens (including phenoxy) is 1. The molecule has 31 heavy (non-hydrogen) atoms. The maximum atomic E-state index is 14.2. The van der Waals surface area contributed by atoms with Gasteiger partial charge in [-0.15, -0.1) is 0 Å². The summed E-state index contributed by atoms with van der Waals surface area (Å²) < 4.78 is 19.6. The highest BCUT2D eigenvalue weighted by molar-refractivity contribution is 6.27. The van der Waals surface area contributed by atoms with E-state index in [-0.39, 0.29) is 5.82 Å². The molecule has 0 fully saturated rings. The third kappa shape index (κ3) is 7.38. The molecule has 0 aliphatic carbocycles. The van der Waals surface area contributed by atoms with Gasteiger partial charge in [0.1, 0.15) is 5.84 Å². The van der Waals surface area contributed by atoms with Crippen LogP contribution in [0.2, 0.25) is 0 Å². The van der Waals surface area contributed by atoms with Crippen molar-refractivity contribution in [2.24, 2.45) is 16.8 Å². The number of hydrogen-bond donors (Lipinski definition) is 3. The first-order valence-electron chi connectivity index (χ1n) is 9.70. The summed E-state index contributed by atoms with van der Waals surface area (Å²) in [5.41, 5.74) is 3.04. The Bertz CT molecular complexity index is 933. The average molecular weight is 431 g/mol. The van der Waals surface area contributed by atoms with E-state index in [0.717, 1.165) is 35.6 Å². The number of rotatable bonds is 6. The number of halogens is 1. The monoisotopic (exact) mass is 431 g/mol. The number of carboxylic acids is 2. The van der Waals surface area contributed by atoms with Crippen LogP contribution in [0.25, 0.3) is 0 Å². The molecule has 3 rings (SSSR count). The van der Waals surface area contributed by atoms with Crippen LogP contribution in [0, 0.1) is 11.7 Å². The number of hydrazine groups is 1. The van der Waals surface area contributed by atoms with Gasteiger partial charge in [-0.3, -0.25) is 10.0 Å². The molecule has 0 saturated heterocycles. The van der Waals surface area contributed by atoms with Crippen LogP contribution < -0.4 is 10.6 Å². The Balaban J connectivity index is 0.000000501. The molecule has 1 heterocycles. The molecule has 2 aromatic carbocycles. The molecule has 0 amide bonds. The van der Waals surface area contributed by atoms with Crippen molar-refractivity contribution in [3.63, 3.8) is 0 Å². The van der Waals surface area contributed by atoms with E-state index in [1.165, 1.54) is 0 Å². The number of aliphatic carboxylic acids is 2. The first-order valence-corrected chi connectivity index (χ1v) is 9.70. The Kier molecular flexibility index (Phi) is 8.51. The van der Waals surface area contributed by atoms with E-state index in [2.05, 4.69) is 4.99 Å². The van der Waals surface area contributed by atoms with Crippen molar-refractivity contribution in [2.75, 3.05) is 19.7 Å². The van der Waals surface area contributed by atoms with Gasteiger partial charge in [0.15, 0.2) is 11.6 Å². The maximum Gasteiger partial charge on any atom is 0.414 e. The third-order valence-corrected chi connectivity index (χ3v) is 4.25. The van der Waals surface area contributed by atoms with Crippen LogP contribution in [0.1, 0.15) is 30.5 Å². The van der Waals surface area contributed by atoms with Gasteiger partial charge in [-0.1, -0.05) is 44.2 Å². The fourth-order valence-corrected chi connectivity index (χ4v) is 2.75. The lowest BCUT2D eigenvalue weighted by Gasteiger charge is -2.13. The van der Waals surface area contributed by atoms with E-state index in [4.69, 9.17) is 30.4 Å². The third-order valence-electron chi connectivity index (χ3n) is 4.25. The van der Waals surface area contributed by atoms with Crippen LogP contribution >= 0.6 is 0 Å². The summed E-state index contributed by atoms with van der Waals surface area (Å²) in [7, 11) is 0. The number of nitrogens with two attached hydrogens (primary N) is 1. The topological polar surface area (TPSA) is 125 Å². The van der Waals surface area contributed by atoms with Crippen molar-refractivity contribution >= 4 is 17.8 Å². The van der Waals surface area contributed by atoms with Gasteiger partial charge < -0.3 is 14.9 Å². The second-order valence-corrected chi connectivity index (χ2v) is 7.35. The van der Waals surface area contributed by atoms with Gasteiger partial charge in [-0.25, -0.2) is 19.8 Å². The van der Waals surface area contributed by atoms with Crippen molar-refractivity contribution in [1.82, 2.24) is 5.01 Å². The quantitative estimate of drug-likeness (QED) is 0.474. The molecule has 1 aliphatic rings. The largest absolute Gasteiger partial charge is 0.490 e. The molecule has 4 N–H and O–H groups in total. The van der Waals surface area contributed by atoms with Crippen LogP contribution in [-0.2, 0) is 16.0 Å². The molecule has 9 heteroatoms. The first kappa shape index (κ1) is 23.8. The zero-order valence-corrected chi connectivity index (χ0v) is 17.4. The molecule has 0 atom stereocenters. The average Bonchev–Trinajstić information content (AvgIpc) is 3.14. The zero-order valence-electron chi connectivity index (χ0n) is 17.4. The van der Waals surface area contributed by atoms with E-state index in [1.807, 2.05) is 44.2 Å². The van der Waals surface area contributed by atoms with Crippen LogP contribution in [0.15, 0.2) is 47.5 Å². The minimum Gasteiger partial charge on any atom is -0.490 e. The van der Waals surface area contributed by atoms with Gasteiger partial charge in [0.05, 0.1) is 19.7 Å². The molecule has 166 valence electrons. The highest BCUT2D eigenvalue weighted by Gasteiger charge is 2.15. The fraction of sp³-hybridized carbons (Fsp3) is 0.318. The van der Waals surface area contributed by atoms with Crippen molar-refractivity contribution in [3.05, 3.63) is 65.0 Å². The Morgan fingerprint density at radius 2 is 1.74 bits per heavy atom. The van der Waals surface area contributed by atoms with Gasteiger partial charge >= 0.3 is 11.9 Å². The van der Waals surface area contributed by atoms with Crippen molar-refractivity contribution in [1.29, 1.82) is 0 Å². The summed E-state index contributed by atoms with van der Waals surface area (Å²) in [5, 5.41) is 16.4. The lowest BCUT2D eigenvalue weighted by atomic mass is 10.0. The summed E-state index contributed by atoms with van der Waals surface area (Å²) in [5.74, 6) is 3.44. The molecule has 0 aromatic heterocycles. The number of benzene rings is 2. The second-order valence-electron chi connectivity index (χ2n) is 7.35. The molecule has 0 bridgehead atoms. The minimum absolute atomic E-state index is 0.311. The molecule has 1 aliphatic heterocycles. The number of amidine groups is 1. The lowest BCUT2D eigenvalue weighted by molar-refractivity contribution is -0.159. The Morgan fingerprint density at radius 3 is 2.23 bits per heavy atom. The van der Waals surface area contributed by atoms with Crippen molar-refractivity contribution in [2.45, 2.75) is 20.3 Å². The number of nitrogens with zero attached hydrogens (tertiary/aromatic N) is 2. The van der Waals surface area contributed by atoms with Crippen LogP contribution in [0.4, 0.5) is 4.39 Å². The Labute approximate surface area is 179 Å². The number of carbonyl (C=O) groups is 2. The molecule has 0 spiro atoms. The highest BCUT2D eigenvalue weighted by atomic mass is 19.1. The summed E-state index contributed by atoms with van der Waals surface area (Å²) in [4.78, 5) is 22.6. The van der Waals surface area contributed by atoms with Crippen molar-refractivity contribution < 1.29 is 28.9 Å². The first-order chi connectivity index (χ1) is 14.7. The second kappa shape index (κ2) is 11.1. The van der Waals surface area contributed by atoms with E-state index in [9.17, 15) is 4.39 Å². The Hall–Kier alpha value is -3.46. The van der Waals surface area contributed by atoms with Gasteiger partial charge in [-0.2, -0.15) is 0 Å². The molecule has 0 saturated carbocycles. The van der Waals surface area contributed by atoms with Crippen LogP contribution in [-0.4, -0.2) is 52.7 Å². The summed E-state index contributed by atoms with van der Waals surface area (Å²) in [6.45, 7) is 6.08. The van der Waals surface area contributed by atoms with Gasteiger partial charge in [0.25, 0.3) is 0 Å². The maximum absolute atomic E-state index is 14.2. The summed E-state index contributed by atoms with van der Waals surface area (Å²) in [6, 6.07) is 13.3. The van der Waals surface area contributed by atoms with E-state index in [0.29, 0.717) is 24.7 Å². The van der Waals surface area contributed by atoms with Gasteiger partial charge in [0.2, 0.25) is 0 Å². The molecular weight excluding hydrogens is 405 g/mol. The SMILES string of the molecule is CC(C)COc1ccc(Cc2ccc(C3=NCCN3N)cc2)cc1F.O=C(O)C(=O)O. The summed E-state index contributed by atoms with van der Waals surface area (Å²) in [6.07, 6.45) is 0.667. The molecule has 8 nitrogen and oxygen atoms in total. The number of hydrogen-bond acceptors (Lipinski definition) is 6. The summed E-state index contributed by atoms with van der Waals surface area (Å²) >= 11 is 0. The van der Waals surface area contributed by atoms with Gasteiger partial charge in [-0.05, 0) is 35.6 Å². The lowest BCUT2D eigenvalue weighted by Crippen LogP contribution is -2.34. The van der Waals surface area contributed by atoms with Crippen molar-refractivity contribution in [3.8, 4) is 5.75 Å². The van der Waals surface area contributed by atoms with E-state index < -0.39 is 11.9 Å². The van der Waals surface area contributed by atoms with E-state index in [1.54, 1.807) is 17.1 Å². The molecule has 2 aromatic rings. The predicted octanol–water partition coefficient (Wildman–Crippen LogP) is 2.54. The van der Waals surface area contributed by atoms with Crippen LogP contribution in [0.5, 0.6) is 5.75 Å². The predicted molar refractivity (Wildman–Crippen MR) is 114 cm³/mol. The van der Waals surface area contributed by atoms with Gasteiger partial charge in [0, 0.05) is 5.56 Å². The van der Waals surface area contributed by atoms with Crippen LogP contribution in [0.3, 0.4) is 0 Å². The van der Waals surface area contributed by atoms with E-state index >= 15 is 0 Å². The molecular formula is C22H26FN3O5.